The summed E-state index contributed by atoms with van der Waals surface area (Å²) in [5.74, 6) is -3.39. The predicted octanol–water partition coefficient (Wildman–Crippen LogP) is 1.21. The van der Waals surface area contributed by atoms with Crippen LogP contribution in [0, 0.1) is 10.1 Å². The number of benzene rings is 1. The number of nitro groups is 1. The van der Waals surface area contributed by atoms with E-state index in [1.54, 1.807) is 0 Å². The number of ether oxygens (including phenoxy) is 1. The molecule has 1 aromatic rings. The lowest BCUT2D eigenvalue weighted by Crippen LogP contribution is -2.31. The van der Waals surface area contributed by atoms with Gasteiger partial charge in [0.1, 0.15) is 5.56 Å². The third kappa shape index (κ3) is 3.07. The molecule has 1 saturated heterocycles. The van der Waals surface area contributed by atoms with E-state index in [-0.39, 0.29) is 10.8 Å². The lowest BCUT2D eigenvalue weighted by molar-refractivity contribution is -0.385. The Morgan fingerprint density at radius 3 is 2.74 bits per heavy atom. The van der Waals surface area contributed by atoms with Crippen molar-refractivity contribution in [3.63, 3.8) is 0 Å². The first-order valence-electron chi connectivity index (χ1n) is 5.95. The molecule has 1 aliphatic rings. The van der Waals surface area contributed by atoms with Crippen LogP contribution in [0.25, 0.3) is 10.4 Å². The minimum absolute atomic E-state index is 0.0809. The molecular formula is C11H7N5O7. The van der Waals surface area contributed by atoms with E-state index in [0.717, 1.165) is 18.2 Å². The Bertz CT molecular complexity index is 770. The molecule has 2 amide bonds. The van der Waals surface area contributed by atoms with E-state index in [4.69, 9.17) is 15.5 Å². The van der Waals surface area contributed by atoms with Crippen molar-refractivity contribution in [2.24, 2.45) is 5.11 Å². The second-order valence-electron chi connectivity index (χ2n) is 4.29. The van der Waals surface area contributed by atoms with Crippen LogP contribution in [-0.4, -0.2) is 39.1 Å². The second kappa shape index (κ2) is 6.09. The molecule has 0 saturated carbocycles. The maximum absolute atomic E-state index is 12.0. The van der Waals surface area contributed by atoms with Crippen molar-refractivity contribution in [3.8, 4) is 0 Å². The largest absolute Gasteiger partial charge is 0.448 e. The second-order valence-corrected chi connectivity index (χ2v) is 4.29. The Morgan fingerprint density at radius 2 is 2.22 bits per heavy atom. The summed E-state index contributed by atoms with van der Waals surface area (Å²) in [5.41, 5.74) is 7.07. The fourth-order valence-corrected chi connectivity index (χ4v) is 1.84. The summed E-state index contributed by atoms with van der Waals surface area (Å²) < 4.78 is 4.72. The zero-order chi connectivity index (χ0) is 17.1. The number of rotatable bonds is 4. The Labute approximate surface area is 126 Å². The van der Waals surface area contributed by atoms with Crippen molar-refractivity contribution >= 4 is 29.2 Å². The lowest BCUT2D eigenvalue weighted by atomic mass is 10.1. The maximum atomic E-state index is 12.0. The number of amides is 2. The molecule has 0 aromatic heterocycles. The van der Waals surface area contributed by atoms with Crippen molar-refractivity contribution in [3.05, 3.63) is 44.3 Å². The fraction of sp³-hybridized carbons (Fsp3) is 0.182. The smallest absolute Gasteiger partial charge is 0.345 e. The molecule has 12 heteroatoms. The van der Waals surface area contributed by atoms with Gasteiger partial charge in [0.05, 0.1) is 11.3 Å². The van der Waals surface area contributed by atoms with E-state index >= 15 is 0 Å². The first-order chi connectivity index (χ1) is 10.8. The summed E-state index contributed by atoms with van der Waals surface area (Å²) in [6.07, 6.45) is -2.16. The Kier molecular flexibility index (Phi) is 4.21. The van der Waals surface area contributed by atoms with Crippen LogP contribution in [-0.2, 0) is 14.3 Å². The zero-order valence-corrected chi connectivity index (χ0v) is 11.1. The number of hydrogen-bond donors (Lipinski definition) is 1. The van der Waals surface area contributed by atoms with E-state index in [1.165, 1.54) is 0 Å². The zero-order valence-electron chi connectivity index (χ0n) is 11.1. The monoisotopic (exact) mass is 321 g/mol. The molecular weight excluding hydrogens is 314 g/mol. The average molecular weight is 321 g/mol. The summed E-state index contributed by atoms with van der Waals surface area (Å²) in [4.78, 5) is 47.1. The quantitative estimate of drug-likeness (QED) is 0.126. The predicted molar refractivity (Wildman–Crippen MR) is 69.4 cm³/mol. The number of azide groups is 1. The molecule has 2 rings (SSSR count). The van der Waals surface area contributed by atoms with Crippen LogP contribution in [0.1, 0.15) is 16.8 Å². The number of hydroxylamine groups is 2. The molecule has 0 aliphatic carbocycles. The van der Waals surface area contributed by atoms with E-state index in [1.807, 2.05) is 0 Å². The summed E-state index contributed by atoms with van der Waals surface area (Å²) in [6.45, 7) is 0. The third-order valence-corrected chi connectivity index (χ3v) is 2.89. The number of nitrogens with zero attached hydrogens (tertiary/aromatic N) is 5. The number of carbonyl (C=O) groups is 3. The number of hydrogen-bond acceptors (Lipinski definition) is 8. The first-order valence-corrected chi connectivity index (χ1v) is 5.95. The van der Waals surface area contributed by atoms with Gasteiger partial charge in [-0.1, -0.05) is 5.11 Å². The summed E-state index contributed by atoms with van der Waals surface area (Å²) in [7, 11) is 0. The van der Waals surface area contributed by atoms with Crippen molar-refractivity contribution < 1.29 is 29.3 Å². The standard InChI is InChI=1S/C11H7N5O7/c12-14-13-5-1-2-7(16(21)22)6(3-5)11(19)23-8-4-9(17)15(20)10(8)18/h1-3,8,20H,4H2. The van der Waals surface area contributed by atoms with Gasteiger partial charge in [-0.2, -0.15) is 5.06 Å². The molecule has 118 valence electrons. The van der Waals surface area contributed by atoms with Gasteiger partial charge in [0.15, 0.2) is 6.10 Å². The normalized spacial score (nSPS) is 16.9. The van der Waals surface area contributed by atoms with Gasteiger partial charge < -0.3 is 4.74 Å². The highest BCUT2D eigenvalue weighted by Gasteiger charge is 2.41. The maximum Gasteiger partial charge on any atom is 0.345 e. The third-order valence-electron chi connectivity index (χ3n) is 2.89. The molecule has 12 nitrogen and oxygen atoms in total. The number of esters is 1. The van der Waals surface area contributed by atoms with Crippen molar-refractivity contribution in [1.82, 2.24) is 5.06 Å². The van der Waals surface area contributed by atoms with Gasteiger partial charge in [-0.15, -0.1) is 0 Å². The SMILES string of the molecule is [N-]=[N+]=Nc1ccc([N+](=O)[O-])c(C(=O)OC2CC(=O)N(O)C2=O)c1. The van der Waals surface area contributed by atoms with Gasteiger partial charge in [0, 0.05) is 16.7 Å². The average Bonchev–Trinajstić information content (AvgIpc) is 2.74. The van der Waals surface area contributed by atoms with Crippen LogP contribution in [0.2, 0.25) is 0 Å². The van der Waals surface area contributed by atoms with E-state index in [0.29, 0.717) is 0 Å². The van der Waals surface area contributed by atoms with Gasteiger partial charge in [-0.25, -0.2) is 4.79 Å². The molecule has 0 radical (unpaired) electrons. The Balaban J connectivity index is 2.32. The van der Waals surface area contributed by atoms with Crippen LogP contribution in [0.15, 0.2) is 23.3 Å². The molecule has 23 heavy (non-hydrogen) atoms. The van der Waals surface area contributed by atoms with Gasteiger partial charge in [0.2, 0.25) is 0 Å². The topological polar surface area (TPSA) is 176 Å². The highest BCUT2D eigenvalue weighted by atomic mass is 16.6. The van der Waals surface area contributed by atoms with Gasteiger partial charge in [-0.3, -0.25) is 24.9 Å². The molecule has 1 aliphatic heterocycles. The van der Waals surface area contributed by atoms with Crippen LogP contribution in [0.5, 0.6) is 0 Å². The van der Waals surface area contributed by atoms with Crippen LogP contribution >= 0.6 is 0 Å². The summed E-state index contributed by atoms with van der Waals surface area (Å²) >= 11 is 0. The molecule has 1 heterocycles. The van der Waals surface area contributed by atoms with Gasteiger partial charge >= 0.3 is 5.97 Å². The van der Waals surface area contributed by atoms with Crippen LogP contribution in [0.4, 0.5) is 11.4 Å². The highest BCUT2D eigenvalue weighted by Crippen LogP contribution is 2.26. The lowest BCUT2D eigenvalue weighted by Gasteiger charge is -2.10. The molecule has 1 N–H and O–H groups in total. The van der Waals surface area contributed by atoms with Crippen LogP contribution < -0.4 is 0 Å². The number of carbonyl (C=O) groups excluding carboxylic acids is 3. The Hall–Kier alpha value is -3.50. The molecule has 0 bridgehead atoms. The van der Waals surface area contributed by atoms with Crippen LogP contribution in [0.3, 0.4) is 0 Å². The molecule has 1 aromatic carbocycles. The summed E-state index contributed by atoms with van der Waals surface area (Å²) in [6, 6.07) is 2.97. The number of imide groups is 1. The highest BCUT2D eigenvalue weighted by molar-refractivity contribution is 6.05. The van der Waals surface area contributed by atoms with Crippen molar-refractivity contribution in [1.29, 1.82) is 0 Å². The minimum atomic E-state index is -1.58. The van der Waals surface area contributed by atoms with E-state index in [2.05, 4.69) is 10.0 Å². The molecule has 1 unspecified atom stereocenters. The molecule has 1 fully saturated rings. The fourth-order valence-electron chi connectivity index (χ4n) is 1.84. The summed E-state index contributed by atoms with van der Waals surface area (Å²) in [5, 5.41) is 23.0. The molecule has 1 atom stereocenters. The van der Waals surface area contributed by atoms with E-state index < -0.39 is 46.5 Å². The molecule has 0 spiro atoms. The van der Waals surface area contributed by atoms with Gasteiger partial charge in [-0.05, 0) is 17.7 Å². The Morgan fingerprint density at radius 1 is 1.52 bits per heavy atom. The first kappa shape index (κ1) is 15.9. The van der Waals surface area contributed by atoms with Gasteiger partial charge in [0.25, 0.3) is 17.5 Å². The van der Waals surface area contributed by atoms with E-state index in [9.17, 15) is 24.5 Å². The van der Waals surface area contributed by atoms with Crippen molar-refractivity contribution in [2.75, 3.05) is 0 Å². The minimum Gasteiger partial charge on any atom is -0.448 e. The number of nitro benzene ring substituents is 1. The van der Waals surface area contributed by atoms with Crippen molar-refractivity contribution in [2.45, 2.75) is 12.5 Å².